The highest BCUT2D eigenvalue weighted by atomic mass is 16.5. The second kappa shape index (κ2) is 8.53. The minimum absolute atomic E-state index is 0.164. The van der Waals surface area contributed by atoms with Crippen molar-refractivity contribution in [3.8, 4) is 11.1 Å². The normalized spacial score (nSPS) is 10.7. The van der Waals surface area contributed by atoms with Crippen LogP contribution in [-0.2, 0) is 22.6 Å². The molecule has 0 N–H and O–H groups in total. The molecular formula is C26H22O2. The Bertz CT molecular complexity index is 1070. The van der Waals surface area contributed by atoms with Crippen molar-refractivity contribution in [2.24, 2.45) is 0 Å². The molecule has 138 valence electrons. The van der Waals surface area contributed by atoms with Crippen molar-refractivity contribution < 1.29 is 9.53 Å². The van der Waals surface area contributed by atoms with E-state index in [-0.39, 0.29) is 5.97 Å². The number of esters is 1. The number of aryl methyl sites for hydroxylation is 1. The number of hydrogen-bond acceptors (Lipinski definition) is 2. The summed E-state index contributed by atoms with van der Waals surface area (Å²) in [4.78, 5) is 12.0. The Balaban J connectivity index is 1.34. The number of ether oxygens (including phenoxy) is 1. The number of fused-ring (bicyclic) bond motifs is 1. The summed E-state index contributed by atoms with van der Waals surface area (Å²) in [6, 6.07) is 33.1. The smallest absolute Gasteiger partial charge is 0.306 e. The number of carbonyl (C=O) groups is 1. The van der Waals surface area contributed by atoms with E-state index in [0.717, 1.165) is 11.1 Å². The quantitative estimate of drug-likeness (QED) is 0.381. The molecule has 2 nitrogen and oxygen atoms in total. The van der Waals surface area contributed by atoms with Crippen LogP contribution in [-0.4, -0.2) is 5.97 Å². The highest BCUT2D eigenvalue weighted by Gasteiger charge is 2.05. The number of rotatable bonds is 6. The third-order valence-corrected chi connectivity index (χ3v) is 4.90. The zero-order chi connectivity index (χ0) is 19.2. The fourth-order valence-corrected chi connectivity index (χ4v) is 3.29. The summed E-state index contributed by atoms with van der Waals surface area (Å²) >= 11 is 0. The first-order valence-corrected chi connectivity index (χ1v) is 9.56. The van der Waals surface area contributed by atoms with E-state index in [2.05, 4.69) is 66.7 Å². The van der Waals surface area contributed by atoms with Crippen molar-refractivity contribution in [3.05, 3.63) is 108 Å². The van der Waals surface area contributed by atoms with Gasteiger partial charge in [-0.25, -0.2) is 0 Å². The van der Waals surface area contributed by atoms with Crippen LogP contribution in [0.5, 0.6) is 0 Å². The van der Waals surface area contributed by atoms with Crippen LogP contribution in [0.4, 0.5) is 0 Å². The third kappa shape index (κ3) is 4.47. The zero-order valence-electron chi connectivity index (χ0n) is 15.7. The van der Waals surface area contributed by atoms with Crippen molar-refractivity contribution in [2.75, 3.05) is 0 Å². The highest BCUT2D eigenvalue weighted by Crippen LogP contribution is 2.25. The van der Waals surface area contributed by atoms with E-state index in [1.807, 2.05) is 30.3 Å². The van der Waals surface area contributed by atoms with Gasteiger partial charge >= 0.3 is 5.97 Å². The first-order valence-electron chi connectivity index (χ1n) is 9.56. The Morgan fingerprint density at radius 1 is 0.643 bits per heavy atom. The molecule has 0 spiro atoms. The molecule has 0 saturated heterocycles. The molecule has 0 aromatic heterocycles. The Hall–Kier alpha value is -3.39. The van der Waals surface area contributed by atoms with Crippen LogP contribution in [0.1, 0.15) is 17.5 Å². The zero-order valence-corrected chi connectivity index (χ0v) is 15.7. The van der Waals surface area contributed by atoms with Crippen LogP contribution in [0.25, 0.3) is 21.9 Å². The van der Waals surface area contributed by atoms with Gasteiger partial charge in [0.15, 0.2) is 0 Å². The molecule has 0 amide bonds. The van der Waals surface area contributed by atoms with Gasteiger partial charge in [0.05, 0.1) is 0 Å². The van der Waals surface area contributed by atoms with Crippen LogP contribution in [0, 0.1) is 0 Å². The topological polar surface area (TPSA) is 26.3 Å². The lowest BCUT2D eigenvalue weighted by molar-refractivity contribution is -0.144. The number of carbonyl (C=O) groups excluding carboxylic acids is 1. The number of benzene rings is 4. The summed E-state index contributed by atoms with van der Waals surface area (Å²) in [5.74, 6) is -0.164. The maximum atomic E-state index is 12.0. The van der Waals surface area contributed by atoms with Crippen LogP contribution in [0.2, 0.25) is 0 Å². The van der Waals surface area contributed by atoms with Gasteiger partial charge in [0.25, 0.3) is 0 Å². The molecule has 28 heavy (non-hydrogen) atoms. The molecule has 0 unspecified atom stereocenters. The van der Waals surface area contributed by atoms with E-state index >= 15 is 0 Å². The highest BCUT2D eigenvalue weighted by molar-refractivity contribution is 5.87. The van der Waals surface area contributed by atoms with Crippen molar-refractivity contribution in [1.82, 2.24) is 0 Å². The third-order valence-electron chi connectivity index (χ3n) is 4.90. The largest absolute Gasteiger partial charge is 0.461 e. The molecule has 0 radical (unpaired) electrons. The Morgan fingerprint density at radius 2 is 1.32 bits per heavy atom. The molecule has 4 rings (SSSR count). The van der Waals surface area contributed by atoms with Crippen LogP contribution >= 0.6 is 0 Å². The van der Waals surface area contributed by atoms with Gasteiger partial charge in [-0.2, -0.15) is 0 Å². The first kappa shape index (κ1) is 18.0. The van der Waals surface area contributed by atoms with Gasteiger partial charge in [-0.15, -0.1) is 0 Å². The lowest BCUT2D eigenvalue weighted by Gasteiger charge is -2.07. The summed E-state index contributed by atoms with van der Waals surface area (Å²) < 4.78 is 5.34. The van der Waals surface area contributed by atoms with Gasteiger partial charge in [0.1, 0.15) is 6.61 Å². The second-order valence-corrected chi connectivity index (χ2v) is 6.91. The maximum absolute atomic E-state index is 12.0. The number of hydrogen-bond donors (Lipinski definition) is 0. The standard InChI is InChI=1S/C26H22O2/c27-26(28-19-21-6-2-1-3-7-21)17-12-20-10-13-23(14-11-20)25-16-15-22-8-4-5-9-24(22)18-25/h1-11,13-16,18H,12,17,19H2. The SMILES string of the molecule is O=C(CCc1ccc(-c2ccc3ccccc3c2)cc1)OCc1ccccc1. The molecule has 2 heteroatoms. The van der Waals surface area contributed by atoms with Gasteiger partial charge in [-0.05, 0) is 45.5 Å². The van der Waals surface area contributed by atoms with Gasteiger partial charge in [0.2, 0.25) is 0 Å². The van der Waals surface area contributed by atoms with Gasteiger partial charge in [-0.3, -0.25) is 4.79 Å². The molecule has 0 bridgehead atoms. The van der Waals surface area contributed by atoms with Crippen LogP contribution in [0.3, 0.4) is 0 Å². The average molecular weight is 366 g/mol. The van der Waals surface area contributed by atoms with E-state index in [1.54, 1.807) is 0 Å². The van der Waals surface area contributed by atoms with Crippen molar-refractivity contribution in [1.29, 1.82) is 0 Å². The summed E-state index contributed by atoms with van der Waals surface area (Å²) in [6.45, 7) is 0.334. The van der Waals surface area contributed by atoms with Gasteiger partial charge in [0, 0.05) is 6.42 Å². The summed E-state index contributed by atoms with van der Waals surface area (Å²) in [6.07, 6.45) is 1.08. The van der Waals surface area contributed by atoms with Crippen molar-refractivity contribution in [2.45, 2.75) is 19.4 Å². The predicted molar refractivity (Wildman–Crippen MR) is 114 cm³/mol. The maximum Gasteiger partial charge on any atom is 0.306 e. The second-order valence-electron chi connectivity index (χ2n) is 6.91. The van der Waals surface area contributed by atoms with E-state index in [0.29, 0.717) is 19.4 Å². The molecule has 0 aliphatic carbocycles. The minimum atomic E-state index is -0.164. The van der Waals surface area contributed by atoms with E-state index in [9.17, 15) is 4.79 Å². The van der Waals surface area contributed by atoms with Gasteiger partial charge in [-0.1, -0.05) is 91.0 Å². The average Bonchev–Trinajstić information content (AvgIpc) is 2.77. The Kier molecular flexibility index (Phi) is 5.48. The molecule has 0 saturated carbocycles. The molecule has 0 aliphatic heterocycles. The molecule has 4 aromatic carbocycles. The van der Waals surface area contributed by atoms with E-state index in [4.69, 9.17) is 4.74 Å². The fraction of sp³-hybridized carbons (Fsp3) is 0.115. The summed E-state index contributed by atoms with van der Waals surface area (Å²) in [5.41, 5.74) is 4.53. The summed E-state index contributed by atoms with van der Waals surface area (Å²) in [5, 5.41) is 2.49. The van der Waals surface area contributed by atoms with Crippen LogP contribution < -0.4 is 0 Å². The van der Waals surface area contributed by atoms with E-state index in [1.165, 1.54) is 21.9 Å². The first-order chi connectivity index (χ1) is 13.8. The fourth-order valence-electron chi connectivity index (χ4n) is 3.29. The van der Waals surface area contributed by atoms with Gasteiger partial charge < -0.3 is 4.74 Å². The monoisotopic (exact) mass is 366 g/mol. The molecular weight excluding hydrogens is 344 g/mol. The lowest BCUT2D eigenvalue weighted by atomic mass is 9.99. The Labute approximate surface area is 165 Å². The minimum Gasteiger partial charge on any atom is -0.461 e. The van der Waals surface area contributed by atoms with E-state index < -0.39 is 0 Å². The summed E-state index contributed by atoms with van der Waals surface area (Å²) in [7, 11) is 0. The van der Waals surface area contributed by atoms with Crippen molar-refractivity contribution in [3.63, 3.8) is 0 Å². The predicted octanol–water partition coefficient (Wildman–Crippen LogP) is 6.18. The lowest BCUT2D eigenvalue weighted by Crippen LogP contribution is -2.05. The molecule has 0 fully saturated rings. The Morgan fingerprint density at radius 3 is 2.11 bits per heavy atom. The molecule has 0 aliphatic rings. The molecule has 0 heterocycles. The molecule has 0 atom stereocenters. The van der Waals surface area contributed by atoms with Crippen molar-refractivity contribution >= 4 is 16.7 Å². The van der Waals surface area contributed by atoms with Crippen LogP contribution in [0.15, 0.2) is 97.1 Å². The molecule has 4 aromatic rings.